The van der Waals surface area contributed by atoms with Gasteiger partial charge < -0.3 is 5.32 Å². The van der Waals surface area contributed by atoms with Crippen molar-refractivity contribution in [1.82, 2.24) is 5.32 Å². The number of rotatable bonds is 5. The van der Waals surface area contributed by atoms with Crippen LogP contribution in [0, 0.1) is 5.92 Å². The van der Waals surface area contributed by atoms with Gasteiger partial charge in [0.25, 0.3) is 0 Å². The topological polar surface area (TPSA) is 12.0 Å². The number of nitrogens with one attached hydrogen (secondary N) is 1. The van der Waals surface area contributed by atoms with Gasteiger partial charge in [-0.2, -0.15) is 13.2 Å². The molecule has 1 aliphatic carbocycles. The van der Waals surface area contributed by atoms with Crippen LogP contribution in [0.1, 0.15) is 45.4 Å². The second-order valence-electron chi connectivity index (χ2n) is 4.51. The quantitative estimate of drug-likeness (QED) is 0.703. The largest absolute Gasteiger partial charge is 0.389 e. The van der Waals surface area contributed by atoms with E-state index in [0.29, 0.717) is 18.5 Å². The highest BCUT2D eigenvalue weighted by molar-refractivity contribution is 4.77. The second-order valence-corrected chi connectivity index (χ2v) is 4.51. The maximum atomic E-state index is 11.9. The molecule has 0 aromatic heterocycles. The Bertz CT molecular complexity index is 173. The molecule has 0 saturated heterocycles. The van der Waals surface area contributed by atoms with Crippen molar-refractivity contribution >= 4 is 0 Å². The van der Waals surface area contributed by atoms with E-state index in [9.17, 15) is 13.2 Å². The van der Waals surface area contributed by atoms with Gasteiger partial charge in [-0.3, -0.25) is 0 Å². The number of alkyl halides is 3. The molecule has 0 aromatic rings. The predicted octanol–water partition coefficient (Wildman–Crippen LogP) is 3.50. The average molecular weight is 223 g/mol. The van der Waals surface area contributed by atoms with Gasteiger partial charge in [0.1, 0.15) is 0 Å². The Hall–Kier alpha value is -0.250. The number of hydrogen-bond donors (Lipinski definition) is 1. The Morgan fingerprint density at radius 3 is 2.40 bits per heavy atom. The molecule has 0 heterocycles. The van der Waals surface area contributed by atoms with E-state index in [1.807, 2.05) is 0 Å². The van der Waals surface area contributed by atoms with E-state index in [4.69, 9.17) is 0 Å². The van der Waals surface area contributed by atoms with E-state index in [0.717, 1.165) is 0 Å². The smallest absolute Gasteiger partial charge is 0.314 e. The van der Waals surface area contributed by atoms with Crippen molar-refractivity contribution in [2.45, 2.75) is 57.7 Å². The van der Waals surface area contributed by atoms with Gasteiger partial charge in [-0.15, -0.1) is 0 Å². The van der Waals surface area contributed by atoms with Crippen molar-refractivity contribution in [3.63, 3.8) is 0 Å². The van der Waals surface area contributed by atoms with Gasteiger partial charge >= 0.3 is 6.18 Å². The van der Waals surface area contributed by atoms with Crippen LogP contribution in [0.2, 0.25) is 0 Å². The van der Waals surface area contributed by atoms with Crippen LogP contribution < -0.4 is 5.32 Å². The molecule has 4 heteroatoms. The first-order valence-corrected chi connectivity index (χ1v) is 5.79. The third-order valence-corrected chi connectivity index (χ3v) is 3.21. The third-order valence-electron chi connectivity index (χ3n) is 3.21. The highest BCUT2D eigenvalue weighted by atomic mass is 19.4. The van der Waals surface area contributed by atoms with Crippen LogP contribution in [0.3, 0.4) is 0 Å². The van der Waals surface area contributed by atoms with Crippen LogP contribution in [-0.4, -0.2) is 18.8 Å². The summed E-state index contributed by atoms with van der Waals surface area (Å²) >= 11 is 0. The molecule has 1 N–H and O–H groups in total. The minimum absolute atomic E-state index is 0.195. The van der Waals surface area contributed by atoms with E-state index in [1.165, 1.54) is 25.7 Å². The summed E-state index contributed by atoms with van der Waals surface area (Å²) in [6, 6.07) is 0.376. The standard InChI is InChI=1S/C11H20F3N/c1-9(10-5-2-3-6-10)15-8-4-7-11(12,13)14/h9-10,15H,2-8H2,1H3. The zero-order valence-electron chi connectivity index (χ0n) is 9.24. The highest BCUT2D eigenvalue weighted by Crippen LogP contribution is 2.27. The maximum absolute atomic E-state index is 11.9. The number of hydrogen-bond acceptors (Lipinski definition) is 1. The zero-order chi connectivity index (χ0) is 11.3. The molecule has 90 valence electrons. The molecule has 0 radical (unpaired) electrons. The molecule has 0 amide bonds. The van der Waals surface area contributed by atoms with Gasteiger partial charge in [-0.1, -0.05) is 12.8 Å². The fourth-order valence-corrected chi connectivity index (χ4v) is 2.24. The Balaban J connectivity index is 2.04. The molecule has 0 aliphatic heterocycles. The van der Waals surface area contributed by atoms with Crippen molar-refractivity contribution in [2.75, 3.05) is 6.54 Å². The first-order valence-electron chi connectivity index (χ1n) is 5.79. The van der Waals surface area contributed by atoms with Crippen molar-refractivity contribution in [3.05, 3.63) is 0 Å². The molecule has 1 atom stereocenters. The Morgan fingerprint density at radius 1 is 1.27 bits per heavy atom. The fraction of sp³-hybridized carbons (Fsp3) is 1.00. The van der Waals surface area contributed by atoms with Gasteiger partial charge in [-0.25, -0.2) is 0 Å². The van der Waals surface area contributed by atoms with Crippen LogP contribution in [0.4, 0.5) is 13.2 Å². The summed E-state index contributed by atoms with van der Waals surface area (Å²) in [4.78, 5) is 0. The third kappa shape index (κ3) is 5.40. The molecule has 15 heavy (non-hydrogen) atoms. The molecule has 0 spiro atoms. The minimum Gasteiger partial charge on any atom is -0.314 e. The van der Waals surface area contributed by atoms with Crippen LogP contribution in [-0.2, 0) is 0 Å². The second kappa shape index (κ2) is 5.73. The Morgan fingerprint density at radius 2 is 1.87 bits per heavy atom. The molecule has 1 rings (SSSR count). The van der Waals surface area contributed by atoms with E-state index < -0.39 is 12.6 Å². The van der Waals surface area contributed by atoms with Crippen molar-refractivity contribution in [1.29, 1.82) is 0 Å². The van der Waals surface area contributed by atoms with Crippen LogP contribution in [0.5, 0.6) is 0 Å². The van der Waals surface area contributed by atoms with Crippen molar-refractivity contribution < 1.29 is 13.2 Å². The van der Waals surface area contributed by atoms with Gasteiger partial charge in [0.2, 0.25) is 0 Å². The monoisotopic (exact) mass is 223 g/mol. The molecule has 0 bridgehead atoms. The Kier molecular flexibility index (Phi) is 4.90. The Labute approximate surface area is 89.4 Å². The van der Waals surface area contributed by atoms with Crippen LogP contribution >= 0.6 is 0 Å². The van der Waals surface area contributed by atoms with E-state index >= 15 is 0 Å². The summed E-state index contributed by atoms with van der Waals surface area (Å²) in [6.07, 6.45) is 0.537. The molecule has 1 aliphatic rings. The predicted molar refractivity (Wildman–Crippen MR) is 54.7 cm³/mol. The molecule has 0 aromatic carbocycles. The lowest BCUT2D eigenvalue weighted by molar-refractivity contribution is -0.135. The molecular formula is C11H20F3N. The maximum Gasteiger partial charge on any atom is 0.389 e. The number of halogens is 3. The van der Waals surface area contributed by atoms with Gasteiger partial charge in [0, 0.05) is 12.5 Å². The molecule has 1 fully saturated rings. The van der Waals surface area contributed by atoms with E-state index in [2.05, 4.69) is 12.2 Å². The summed E-state index contributed by atoms with van der Waals surface area (Å²) in [5.41, 5.74) is 0. The first kappa shape index (κ1) is 12.8. The van der Waals surface area contributed by atoms with Gasteiger partial charge in [0.05, 0.1) is 0 Å². The lowest BCUT2D eigenvalue weighted by Crippen LogP contribution is -2.33. The van der Waals surface area contributed by atoms with Crippen molar-refractivity contribution in [2.24, 2.45) is 5.92 Å². The average Bonchev–Trinajstić information content (AvgIpc) is 2.63. The van der Waals surface area contributed by atoms with Crippen LogP contribution in [0.15, 0.2) is 0 Å². The van der Waals surface area contributed by atoms with E-state index in [-0.39, 0.29) is 6.42 Å². The lowest BCUT2D eigenvalue weighted by atomic mass is 10.00. The molecule has 1 saturated carbocycles. The molecular weight excluding hydrogens is 203 g/mol. The zero-order valence-corrected chi connectivity index (χ0v) is 9.24. The molecule has 1 unspecified atom stereocenters. The van der Waals surface area contributed by atoms with Crippen LogP contribution in [0.25, 0.3) is 0 Å². The van der Waals surface area contributed by atoms with Gasteiger partial charge in [-0.05, 0) is 38.6 Å². The highest BCUT2D eigenvalue weighted by Gasteiger charge is 2.26. The van der Waals surface area contributed by atoms with E-state index in [1.54, 1.807) is 0 Å². The summed E-state index contributed by atoms with van der Waals surface area (Å²) in [5, 5.41) is 3.20. The normalized spacial score (nSPS) is 20.8. The van der Waals surface area contributed by atoms with Gasteiger partial charge in [0.15, 0.2) is 0 Å². The SMILES string of the molecule is CC(NCCCC(F)(F)F)C1CCCC1. The lowest BCUT2D eigenvalue weighted by Gasteiger charge is -2.20. The summed E-state index contributed by atoms with van der Waals surface area (Å²) in [7, 11) is 0. The molecule has 1 nitrogen and oxygen atoms in total. The first-order chi connectivity index (χ1) is 6.99. The summed E-state index contributed by atoms with van der Waals surface area (Å²) in [5.74, 6) is 0.677. The summed E-state index contributed by atoms with van der Waals surface area (Å²) in [6.45, 7) is 2.57. The fourth-order valence-electron chi connectivity index (χ4n) is 2.24. The van der Waals surface area contributed by atoms with Crippen molar-refractivity contribution in [3.8, 4) is 0 Å². The summed E-state index contributed by atoms with van der Waals surface area (Å²) < 4.78 is 35.6. The minimum atomic E-state index is -4.00.